The number of carboxylic acids is 1. The Morgan fingerprint density at radius 3 is 2.57 bits per heavy atom. The molecule has 3 rings (SSSR count). The molecule has 21 heavy (non-hydrogen) atoms. The van der Waals surface area contributed by atoms with E-state index in [1.807, 2.05) is 0 Å². The second-order valence-corrected chi connectivity index (χ2v) is 3.97. The Bertz CT molecular complexity index is 843. The SMILES string of the molecule is O=C(O)c1nn(-c2nnc3ccccc3n2)cc1[N+](=O)[O-]. The van der Waals surface area contributed by atoms with Gasteiger partial charge in [-0.1, -0.05) is 12.1 Å². The minimum absolute atomic E-state index is 0.0516. The summed E-state index contributed by atoms with van der Waals surface area (Å²) in [5.41, 5.74) is -0.269. The van der Waals surface area contributed by atoms with E-state index < -0.39 is 22.3 Å². The zero-order chi connectivity index (χ0) is 15.0. The van der Waals surface area contributed by atoms with Gasteiger partial charge in [0.2, 0.25) is 5.69 Å². The monoisotopic (exact) mass is 286 g/mol. The summed E-state index contributed by atoms with van der Waals surface area (Å²) in [5.74, 6) is -1.56. The van der Waals surface area contributed by atoms with Gasteiger partial charge >= 0.3 is 11.7 Å². The molecule has 0 fully saturated rings. The van der Waals surface area contributed by atoms with E-state index in [-0.39, 0.29) is 5.95 Å². The minimum Gasteiger partial charge on any atom is -0.476 e. The highest BCUT2D eigenvalue weighted by atomic mass is 16.6. The molecule has 0 saturated carbocycles. The van der Waals surface area contributed by atoms with Crippen molar-refractivity contribution in [3.05, 3.63) is 46.3 Å². The molecule has 10 nitrogen and oxygen atoms in total. The summed E-state index contributed by atoms with van der Waals surface area (Å²) in [6.07, 6.45) is 0.940. The molecule has 0 bridgehead atoms. The van der Waals surface area contributed by atoms with Crippen LogP contribution in [-0.4, -0.2) is 41.0 Å². The lowest BCUT2D eigenvalue weighted by molar-refractivity contribution is -0.385. The van der Waals surface area contributed by atoms with E-state index in [1.165, 1.54) is 0 Å². The van der Waals surface area contributed by atoms with E-state index in [0.29, 0.717) is 11.0 Å². The van der Waals surface area contributed by atoms with Crippen LogP contribution in [0.2, 0.25) is 0 Å². The van der Waals surface area contributed by atoms with Gasteiger partial charge in [0.1, 0.15) is 11.7 Å². The average Bonchev–Trinajstić information content (AvgIpc) is 2.92. The second kappa shape index (κ2) is 4.59. The fraction of sp³-hybridized carbons (Fsp3) is 0. The minimum atomic E-state index is -1.51. The van der Waals surface area contributed by atoms with Gasteiger partial charge in [-0.2, -0.15) is 9.78 Å². The molecule has 0 unspecified atom stereocenters. The van der Waals surface area contributed by atoms with Crippen molar-refractivity contribution in [2.24, 2.45) is 0 Å². The van der Waals surface area contributed by atoms with Gasteiger partial charge in [0.25, 0.3) is 5.95 Å². The van der Waals surface area contributed by atoms with Crippen molar-refractivity contribution in [2.45, 2.75) is 0 Å². The van der Waals surface area contributed by atoms with Crippen LogP contribution in [0.5, 0.6) is 0 Å². The van der Waals surface area contributed by atoms with Crippen LogP contribution in [0.1, 0.15) is 10.5 Å². The first-order chi connectivity index (χ1) is 10.1. The molecule has 2 aromatic heterocycles. The van der Waals surface area contributed by atoms with Crippen LogP contribution < -0.4 is 0 Å². The lowest BCUT2D eigenvalue weighted by atomic mass is 10.3. The summed E-state index contributed by atoms with van der Waals surface area (Å²) < 4.78 is 0.918. The number of aromatic nitrogens is 5. The standard InChI is InChI=1S/C11H6N6O4/c18-10(19)9-8(17(20)21)5-16(15-9)11-12-6-3-1-2-4-7(6)13-14-11/h1-5H,(H,18,19). The number of benzene rings is 1. The van der Waals surface area contributed by atoms with E-state index in [4.69, 9.17) is 5.11 Å². The largest absolute Gasteiger partial charge is 0.476 e. The lowest BCUT2D eigenvalue weighted by Gasteiger charge is -1.99. The Balaban J connectivity index is 2.16. The van der Waals surface area contributed by atoms with E-state index >= 15 is 0 Å². The number of carbonyl (C=O) groups is 1. The molecule has 10 heteroatoms. The van der Waals surface area contributed by atoms with Gasteiger partial charge in [0.05, 0.1) is 10.4 Å². The Morgan fingerprint density at radius 1 is 1.24 bits per heavy atom. The van der Waals surface area contributed by atoms with Gasteiger partial charge in [-0.25, -0.2) is 9.78 Å². The highest BCUT2D eigenvalue weighted by Crippen LogP contribution is 2.18. The third-order valence-corrected chi connectivity index (χ3v) is 2.65. The average molecular weight is 286 g/mol. The van der Waals surface area contributed by atoms with Crippen LogP contribution in [0, 0.1) is 10.1 Å². The summed E-state index contributed by atoms with van der Waals surface area (Å²) in [6.45, 7) is 0. The fourth-order valence-electron chi connectivity index (χ4n) is 1.72. The number of nitro groups is 1. The van der Waals surface area contributed by atoms with Crippen LogP contribution in [0.15, 0.2) is 30.5 Å². The third-order valence-electron chi connectivity index (χ3n) is 2.65. The molecule has 104 valence electrons. The molecular weight excluding hydrogens is 280 g/mol. The van der Waals surface area contributed by atoms with Crippen LogP contribution in [0.4, 0.5) is 5.69 Å². The molecule has 1 N–H and O–H groups in total. The molecule has 0 spiro atoms. The summed E-state index contributed by atoms with van der Waals surface area (Å²) in [6, 6.07) is 6.89. The van der Waals surface area contributed by atoms with Crippen molar-refractivity contribution >= 4 is 22.7 Å². The maximum absolute atomic E-state index is 10.9. The molecule has 0 atom stereocenters. The number of para-hydroxylation sites is 1. The molecule has 0 radical (unpaired) electrons. The summed E-state index contributed by atoms with van der Waals surface area (Å²) >= 11 is 0. The van der Waals surface area contributed by atoms with Crippen LogP contribution in [-0.2, 0) is 0 Å². The predicted octanol–water partition coefficient (Wildman–Crippen LogP) is 0.817. The Kier molecular flexibility index (Phi) is 2.76. The van der Waals surface area contributed by atoms with E-state index in [2.05, 4.69) is 20.3 Å². The number of aromatic carboxylic acids is 1. The number of nitrogens with zero attached hydrogens (tertiary/aromatic N) is 6. The first-order valence-corrected chi connectivity index (χ1v) is 5.63. The second-order valence-electron chi connectivity index (χ2n) is 3.97. The molecule has 3 aromatic rings. The molecule has 0 aliphatic rings. The smallest absolute Gasteiger partial charge is 0.363 e. The molecule has 0 saturated heterocycles. The Hall–Kier alpha value is -3.43. The van der Waals surface area contributed by atoms with E-state index in [9.17, 15) is 14.9 Å². The number of fused-ring (bicyclic) bond motifs is 1. The fourth-order valence-corrected chi connectivity index (χ4v) is 1.72. The van der Waals surface area contributed by atoms with Gasteiger partial charge in [-0.05, 0) is 12.1 Å². The highest BCUT2D eigenvalue weighted by molar-refractivity contribution is 5.89. The molecule has 0 amide bonds. The van der Waals surface area contributed by atoms with Gasteiger partial charge in [-0.15, -0.1) is 10.2 Å². The lowest BCUT2D eigenvalue weighted by Crippen LogP contribution is -2.06. The van der Waals surface area contributed by atoms with Gasteiger partial charge < -0.3 is 5.11 Å². The highest BCUT2D eigenvalue weighted by Gasteiger charge is 2.26. The number of hydrogen-bond acceptors (Lipinski definition) is 7. The van der Waals surface area contributed by atoms with Gasteiger partial charge in [0, 0.05) is 0 Å². The zero-order valence-electron chi connectivity index (χ0n) is 10.2. The first-order valence-electron chi connectivity index (χ1n) is 5.63. The van der Waals surface area contributed by atoms with Crippen molar-refractivity contribution in [3.63, 3.8) is 0 Å². The zero-order valence-corrected chi connectivity index (χ0v) is 10.2. The summed E-state index contributed by atoms with van der Waals surface area (Å²) in [7, 11) is 0. The Labute approximate surface area is 115 Å². The normalized spacial score (nSPS) is 10.7. The predicted molar refractivity (Wildman–Crippen MR) is 68.1 cm³/mol. The summed E-state index contributed by atoms with van der Waals surface area (Å²) in [5, 5.41) is 31.0. The Morgan fingerprint density at radius 2 is 1.95 bits per heavy atom. The maximum atomic E-state index is 10.9. The number of hydrogen-bond donors (Lipinski definition) is 1. The van der Waals surface area contributed by atoms with Crippen LogP contribution in [0.25, 0.3) is 17.0 Å². The van der Waals surface area contributed by atoms with Gasteiger partial charge in [-0.3, -0.25) is 10.1 Å². The number of carboxylic acid groups (broad SMARTS) is 1. The molecule has 0 aliphatic carbocycles. The van der Waals surface area contributed by atoms with Crippen molar-refractivity contribution < 1.29 is 14.8 Å². The molecule has 2 heterocycles. The molecular formula is C11H6N6O4. The van der Waals surface area contributed by atoms with Crippen molar-refractivity contribution in [3.8, 4) is 5.95 Å². The van der Waals surface area contributed by atoms with E-state index in [0.717, 1.165) is 10.9 Å². The van der Waals surface area contributed by atoms with Crippen molar-refractivity contribution in [1.82, 2.24) is 25.0 Å². The maximum Gasteiger partial charge on any atom is 0.363 e. The van der Waals surface area contributed by atoms with Crippen molar-refractivity contribution in [2.75, 3.05) is 0 Å². The molecule has 0 aliphatic heterocycles. The topological polar surface area (TPSA) is 137 Å². The van der Waals surface area contributed by atoms with E-state index in [1.54, 1.807) is 24.3 Å². The molecule has 1 aromatic carbocycles. The first kappa shape index (κ1) is 12.6. The quantitative estimate of drug-likeness (QED) is 0.551. The van der Waals surface area contributed by atoms with Crippen LogP contribution >= 0.6 is 0 Å². The van der Waals surface area contributed by atoms with Crippen molar-refractivity contribution in [1.29, 1.82) is 0 Å². The third kappa shape index (κ3) is 2.14. The summed E-state index contributed by atoms with van der Waals surface area (Å²) in [4.78, 5) is 25.1. The van der Waals surface area contributed by atoms with Crippen LogP contribution in [0.3, 0.4) is 0 Å². The number of rotatable bonds is 3. The van der Waals surface area contributed by atoms with Gasteiger partial charge in [0.15, 0.2) is 0 Å².